The molecule has 0 aromatic carbocycles. The van der Waals surface area contributed by atoms with Crippen molar-refractivity contribution in [1.29, 1.82) is 0 Å². The Bertz CT molecular complexity index is 287. The summed E-state index contributed by atoms with van der Waals surface area (Å²) in [6.45, 7) is 9.03. The number of nitrogens with zero attached hydrogens (tertiary/aromatic N) is 1. The summed E-state index contributed by atoms with van der Waals surface area (Å²) in [5.74, 6) is -0.270. The van der Waals surface area contributed by atoms with Gasteiger partial charge < -0.3 is 10.6 Å². The molecule has 6 nitrogen and oxygen atoms in total. The molecular weight excluding hydrogens is 220 g/mol. The summed E-state index contributed by atoms with van der Waals surface area (Å²) < 4.78 is 0. The van der Waals surface area contributed by atoms with Gasteiger partial charge in [0.05, 0.1) is 6.04 Å². The van der Waals surface area contributed by atoms with E-state index >= 15 is 0 Å². The summed E-state index contributed by atoms with van der Waals surface area (Å²) in [5, 5.41) is 8.03. The van der Waals surface area contributed by atoms with E-state index in [1.165, 1.54) is 0 Å². The van der Waals surface area contributed by atoms with Gasteiger partial charge in [-0.3, -0.25) is 15.0 Å². The minimum Gasteiger partial charge on any atom is -0.334 e. The molecule has 1 unspecified atom stereocenters. The summed E-state index contributed by atoms with van der Waals surface area (Å²) in [5.41, 5.74) is 0. The molecule has 1 heterocycles. The maximum Gasteiger partial charge on any atom is 0.321 e. The van der Waals surface area contributed by atoms with Crippen LogP contribution in [0, 0.1) is 0 Å². The van der Waals surface area contributed by atoms with Gasteiger partial charge in [-0.25, -0.2) is 4.79 Å². The highest BCUT2D eigenvalue weighted by Crippen LogP contribution is 2.00. The molecule has 0 aliphatic carbocycles. The Balaban J connectivity index is 2.34. The number of piperazine rings is 1. The van der Waals surface area contributed by atoms with Crippen LogP contribution in [0.15, 0.2) is 12.7 Å². The van der Waals surface area contributed by atoms with Crippen LogP contribution in [0.2, 0.25) is 0 Å². The first-order valence-corrected chi connectivity index (χ1v) is 5.79. The van der Waals surface area contributed by atoms with Crippen LogP contribution in [-0.2, 0) is 4.79 Å². The van der Waals surface area contributed by atoms with Crippen molar-refractivity contribution in [3.63, 3.8) is 0 Å². The molecule has 3 amide bonds. The van der Waals surface area contributed by atoms with E-state index in [1.54, 1.807) is 13.0 Å². The fraction of sp³-hybridized carbons (Fsp3) is 0.636. The molecule has 0 bridgehead atoms. The molecule has 96 valence electrons. The zero-order chi connectivity index (χ0) is 12.7. The van der Waals surface area contributed by atoms with Gasteiger partial charge in [-0.1, -0.05) is 6.08 Å². The number of nitrogens with one attached hydrogen (secondary N) is 3. The highest BCUT2D eigenvalue weighted by Gasteiger charge is 2.23. The number of imide groups is 1. The van der Waals surface area contributed by atoms with Crippen LogP contribution in [0.25, 0.3) is 0 Å². The number of hydrogen-bond donors (Lipinski definition) is 3. The van der Waals surface area contributed by atoms with Crippen molar-refractivity contribution in [3.8, 4) is 0 Å². The SMILES string of the molecule is C=CCNC(=O)NC(=O)C(C)N1CCNCC1. The molecular formula is C11H20N4O2. The quantitative estimate of drug-likeness (QED) is 0.568. The topological polar surface area (TPSA) is 73.5 Å². The Kier molecular flexibility index (Phi) is 5.65. The number of rotatable bonds is 4. The standard InChI is InChI=1S/C11H20N4O2/c1-3-4-13-11(17)14-10(16)9(2)15-7-5-12-6-8-15/h3,9,12H,1,4-8H2,2H3,(H2,13,14,16,17). The second kappa shape index (κ2) is 7.03. The van der Waals surface area contributed by atoms with E-state index in [9.17, 15) is 9.59 Å². The van der Waals surface area contributed by atoms with E-state index < -0.39 is 6.03 Å². The third-order valence-corrected chi connectivity index (χ3v) is 2.72. The maximum atomic E-state index is 11.8. The van der Waals surface area contributed by atoms with Crippen molar-refractivity contribution in [2.24, 2.45) is 0 Å². The Morgan fingerprint density at radius 3 is 2.71 bits per heavy atom. The molecule has 0 saturated carbocycles. The number of carbonyl (C=O) groups excluding carboxylic acids is 2. The largest absolute Gasteiger partial charge is 0.334 e. The van der Waals surface area contributed by atoms with E-state index in [0.29, 0.717) is 6.54 Å². The van der Waals surface area contributed by atoms with Crippen molar-refractivity contribution < 1.29 is 9.59 Å². The number of hydrogen-bond acceptors (Lipinski definition) is 4. The number of carbonyl (C=O) groups is 2. The Morgan fingerprint density at radius 2 is 2.12 bits per heavy atom. The second-order valence-electron chi connectivity index (χ2n) is 3.95. The number of urea groups is 1. The van der Waals surface area contributed by atoms with Gasteiger partial charge in [0.2, 0.25) is 5.91 Å². The maximum absolute atomic E-state index is 11.8. The van der Waals surface area contributed by atoms with Gasteiger partial charge in [0.1, 0.15) is 0 Å². The second-order valence-corrected chi connectivity index (χ2v) is 3.95. The normalized spacial score (nSPS) is 18.2. The van der Waals surface area contributed by atoms with Crippen LogP contribution in [0.4, 0.5) is 4.79 Å². The molecule has 1 saturated heterocycles. The molecule has 1 fully saturated rings. The predicted molar refractivity (Wildman–Crippen MR) is 65.6 cm³/mol. The molecule has 3 N–H and O–H groups in total. The highest BCUT2D eigenvalue weighted by molar-refractivity contribution is 5.96. The fourth-order valence-electron chi connectivity index (χ4n) is 1.66. The van der Waals surface area contributed by atoms with Crippen LogP contribution in [0.3, 0.4) is 0 Å². The summed E-state index contributed by atoms with van der Waals surface area (Å²) in [6.07, 6.45) is 1.56. The van der Waals surface area contributed by atoms with E-state index in [1.807, 2.05) is 4.90 Å². The van der Waals surface area contributed by atoms with Gasteiger partial charge >= 0.3 is 6.03 Å². The lowest BCUT2D eigenvalue weighted by Crippen LogP contribution is -2.54. The average molecular weight is 240 g/mol. The molecule has 1 rings (SSSR count). The van der Waals surface area contributed by atoms with Gasteiger partial charge in [-0.05, 0) is 6.92 Å². The molecule has 1 aliphatic rings. The van der Waals surface area contributed by atoms with Crippen LogP contribution >= 0.6 is 0 Å². The minimum absolute atomic E-state index is 0.270. The molecule has 1 atom stereocenters. The molecule has 0 aromatic heterocycles. The lowest BCUT2D eigenvalue weighted by molar-refractivity contribution is -0.124. The van der Waals surface area contributed by atoms with E-state index in [0.717, 1.165) is 26.2 Å². The van der Waals surface area contributed by atoms with Crippen LogP contribution in [0.5, 0.6) is 0 Å². The summed E-state index contributed by atoms with van der Waals surface area (Å²) in [4.78, 5) is 25.1. The van der Waals surface area contributed by atoms with Crippen molar-refractivity contribution in [2.75, 3.05) is 32.7 Å². The zero-order valence-electron chi connectivity index (χ0n) is 10.2. The first-order chi connectivity index (χ1) is 8.15. The van der Waals surface area contributed by atoms with Crippen molar-refractivity contribution in [3.05, 3.63) is 12.7 Å². The smallest absolute Gasteiger partial charge is 0.321 e. The first kappa shape index (κ1) is 13.7. The van der Waals surface area contributed by atoms with Crippen molar-refractivity contribution in [2.45, 2.75) is 13.0 Å². The van der Waals surface area contributed by atoms with E-state index in [4.69, 9.17) is 0 Å². The van der Waals surface area contributed by atoms with Crippen LogP contribution in [-0.4, -0.2) is 55.6 Å². The van der Waals surface area contributed by atoms with Crippen molar-refractivity contribution >= 4 is 11.9 Å². The minimum atomic E-state index is -0.475. The Labute approximate surface area is 101 Å². The van der Waals surface area contributed by atoms with Gasteiger partial charge in [-0.15, -0.1) is 6.58 Å². The average Bonchev–Trinajstić information content (AvgIpc) is 2.36. The molecule has 0 radical (unpaired) electrons. The third kappa shape index (κ3) is 4.54. The van der Waals surface area contributed by atoms with Crippen molar-refractivity contribution in [1.82, 2.24) is 20.9 Å². The first-order valence-electron chi connectivity index (χ1n) is 5.79. The monoisotopic (exact) mass is 240 g/mol. The molecule has 0 spiro atoms. The summed E-state index contributed by atoms with van der Waals surface area (Å²) in [7, 11) is 0. The zero-order valence-corrected chi connectivity index (χ0v) is 10.2. The lowest BCUT2D eigenvalue weighted by Gasteiger charge is -2.31. The number of amides is 3. The Morgan fingerprint density at radius 1 is 1.47 bits per heavy atom. The van der Waals surface area contributed by atoms with Gasteiger partial charge in [0.25, 0.3) is 0 Å². The third-order valence-electron chi connectivity index (χ3n) is 2.72. The Hall–Kier alpha value is -1.40. The van der Waals surface area contributed by atoms with Gasteiger partial charge in [-0.2, -0.15) is 0 Å². The summed E-state index contributed by atoms with van der Waals surface area (Å²) >= 11 is 0. The van der Waals surface area contributed by atoms with Gasteiger partial charge in [0.15, 0.2) is 0 Å². The summed E-state index contributed by atoms with van der Waals surface area (Å²) in [6, 6.07) is -0.761. The fourth-order valence-corrected chi connectivity index (χ4v) is 1.66. The lowest BCUT2D eigenvalue weighted by atomic mass is 10.2. The van der Waals surface area contributed by atoms with E-state index in [-0.39, 0.29) is 11.9 Å². The van der Waals surface area contributed by atoms with Gasteiger partial charge in [0, 0.05) is 32.7 Å². The molecule has 1 aliphatic heterocycles. The highest BCUT2D eigenvalue weighted by atomic mass is 16.2. The molecule has 6 heteroatoms. The van der Waals surface area contributed by atoms with Crippen LogP contribution in [0.1, 0.15) is 6.92 Å². The molecule has 17 heavy (non-hydrogen) atoms. The van der Waals surface area contributed by atoms with E-state index in [2.05, 4.69) is 22.5 Å². The van der Waals surface area contributed by atoms with Crippen LogP contribution < -0.4 is 16.0 Å². The molecule has 0 aromatic rings. The predicted octanol–water partition coefficient (Wildman–Crippen LogP) is -0.708.